The largest absolute Gasteiger partial charge is 0.489 e. The molecule has 0 saturated carbocycles. The van der Waals surface area contributed by atoms with Gasteiger partial charge in [0.2, 0.25) is 0 Å². The number of halogens is 2. The first kappa shape index (κ1) is 20.6. The van der Waals surface area contributed by atoms with E-state index in [1.165, 1.54) is 0 Å². The zero-order valence-electron chi connectivity index (χ0n) is 20.6. The number of aryl methyl sites for hydroxylation is 1. The average molecular weight is 480 g/mol. The molecule has 0 spiro atoms. The number of benzene rings is 3. The van der Waals surface area contributed by atoms with Gasteiger partial charge in [-0.15, -0.1) is 0 Å². The third kappa shape index (κ3) is 5.32. The van der Waals surface area contributed by atoms with Crippen molar-refractivity contribution in [2.75, 3.05) is 0 Å². The van der Waals surface area contributed by atoms with Crippen LogP contribution in [0.4, 0.5) is 0 Å². The minimum Gasteiger partial charge on any atom is -0.489 e. The van der Waals surface area contributed by atoms with Crippen molar-refractivity contribution < 1.29 is 12.0 Å². The molecule has 4 rings (SSSR count). The van der Waals surface area contributed by atoms with E-state index in [9.17, 15) is 0 Å². The molecular formula is C28H25Cl2NO2. The van der Waals surface area contributed by atoms with E-state index in [-0.39, 0.29) is 17.2 Å². The van der Waals surface area contributed by atoms with Gasteiger partial charge < -0.3 is 9.26 Å². The number of hydrogen-bond acceptors (Lipinski definition) is 3. The van der Waals surface area contributed by atoms with E-state index in [4.69, 9.17) is 35.2 Å². The van der Waals surface area contributed by atoms with Gasteiger partial charge >= 0.3 is 0 Å². The maximum absolute atomic E-state index is 8.85. The molecule has 0 fully saturated rings. The van der Waals surface area contributed by atoms with Crippen LogP contribution in [0, 0.1) is 6.92 Å². The SMILES string of the molecule is [2H]C([2H])(Oc1ccc(/C=C/c2ccccc2)c(Cl)c1)c1c(-c2c(C)cccc2Cl)noc1C(C)C. The molecule has 1 heterocycles. The topological polar surface area (TPSA) is 35.3 Å². The Kier molecular flexibility index (Phi) is 6.42. The third-order valence-electron chi connectivity index (χ3n) is 5.20. The highest BCUT2D eigenvalue weighted by molar-refractivity contribution is 6.33. The van der Waals surface area contributed by atoms with Gasteiger partial charge in [-0.25, -0.2) is 0 Å². The molecule has 1 aromatic heterocycles. The standard InChI is InChI=1S/C28H25Cl2NO2/c1-18(2)28-23(27(31-33-28)26-19(3)8-7-11-24(26)29)17-32-22-15-14-21(25(30)16-22)13-12-20-9-5-4-6-10-20/h4-16,18H,17H2,1-3H3/b13-12+/i17D2. The predicted molar refractivity (Wildman–Crippen MR) is 137 cm³/mol. The van der Waals surface area contributed by atoms with E-state index >= 15 is 0 Å². The fourth-order valence-electron chi connectivity index (χ4n) is 3.46. The number of nitrogens with zero attached hydrogens (tertiary/aromatic N) is 1. The van der Waals surface area contributed by atoms with Crippen molar-refractivity contribution in [3.05, 3.63) is 105 Å². The van der Waals surface area contributed by atoms with Gasteiger partial charge in [0, 0.05) is 11.5 Å². The predicted octanol–water partition coefficient (Wildman–Crippen LogP) is 8.83. The third-order valence-corrected chi connectivity index (χ3v) is 5.84. The van der Waals surface area contributed by atoms with Crippen LogP contribution in [0.1, 0.15) is 50.5 Å². The first-order valence-electron chi connectivity index (χ1n) is 11.6. The summed E-state index contributed by atoms with van der Waals surface area (Å²) in [5.74, 6) is 0.564. The molecule has 168 valence electrons. The van der Waals surface area contributed by atoms with Gasteiger partial charge in [-0.05, 0) is 47.9 Å². The summed E-state index contributed by atoms with van der Waals surface area (Å²) in [6.45, 7) is 3.46. The lowest BCUT2D eigenvalue weighted by Gasteiger charge is -2.12. The van der Waals surface area contributed by atoms with Gasteiger partial charge in [0.1, 0.15) is 23.8 Å². The molecule has 0 aliphatic carbocycles. The second kappa shape index (κ2) is 10.3. The Morgan fingerprint density at radius 3 is 2.48 bits per heavy atom. The van der Waals surface area contributed by atoms with Gasteiger partial charge in [-0.1, -0.05) is 96.8 Å². The molecule has 0 unspecified atom stereocenters. The minimum atomic E-state index is -2.26. The van der Waals surface area contributed by atoms with Gasteiger partial charge in [0.25, 0.3) is 0 Å². The van der Waals surface area contributed by atoms with Crippen LogP contribution in [0.15, 0.2) is 71.3 Å². The second-order valence-electron chi connectivity index (χ2n) is 7.99. The molecule has 0 N–H and O–H groups in total. The lowest BCUT2D eigenvalue weighted by atomic mass is 9.98. The van der Waals surface area contributed by atoms with Crippen LogP contribution in [0.3, 0.4) is 0 Å². The zero-order valence-corrected chi connectivity index (χ0v) is 20.1. The highest BCUT2D eigenvalue weighted by Crippen LogP contribution is 2.37. The molecule has 0 aliphatic heterocycles. The molecule has 3 nitrogen and oxygen atoms in total. The van der Waals surface area contributed by atoms with Gasteiger partial charge in [0.15, 0.2) is 0 Å². The van der Waals surface area contributed by atoms with E-state index in [0.29, 0.717) is 27.1 Å². The van der Waals surface area contributed by atoms with E-state index in [0.717, 1.165) is 16.7 Å². The van der Waals surface area contributed by atoms with Crippen LogP contribution in [-0.2, 0) is 6.56 Å². The first-order valence-corrected chi connectivity index (χ1v) is 11.4. The molecule has 0 atom stereocenters. The van der Waals surface area contributed by atoms with Crippen LogP contribution in [-0.4, -0.2) is 5.16 Å². The van der Waals surface area contributed by atoms with Crippen molar-refractivity contribution in [3.8, 4) is 17.0 Å². The fourth-order valence-corrected chi connectivity index (χ4v) is 4.01. The Morgan fingerprint density at radius 2 is 1.79 bits per heavy atom. The minimum absolute atomic E-state index is 0.123. The zero-order chi connectivity index (χ0) is 25.2. The lowest BCUT2D eigenvalue weighted by Crippen LogP contribution is -2.01. The quantitative estimate of drug-likeness (QED) is 0.248. The van der Waals surface area contributed by atoms with Crippen molar-refractivity contribution in [1.82, 2.24) is 5.16 Å². The summed E-state index contributed by atoms with van der Waals surface area (Å²) in [6.07, 6.45) is 3.87. The summed E-state index contributed by atoms with van der Waals surface area (Å²) in [6, 6.07) is 20.5. The molecule has 5 heteroatoms. The summed E-state index contributed by atoms with van der Waals surface area (Å²) < 4.78 is 29.2. The fraction of sp³-hybridized carbons (Fsp3) is 0.179. The average Bonchev–Trinajstić information content (AvgIpc) is 3.25. The molecular weight excluding hydrogens is 453 g/mol. The van der Waals surface area contributed by atoms with Crippen LogP contribution in [0.5, 0.6) is 5.75 Å². The van der Waals surface area contributed by atoms with Crippen LogP contribution in [0.2, 0.25) is 10.0 Å². The first-order chi connectivity index (χ1) is 16.7. The van der Waals surface area contributed by atoms with Crippen molar-refractivity contribution in [2.45, 2.75) is 33.2 Å². The summed E-state index contributed by atoms with van der Waals surface area (Å²) in [5.41, 5.74) is 3.87. The Morgan fingerprint density at radius 1 is 1.00 bits per heavy atom. The number of ether oxygens (including phenoxy) is 1. The molecule has 33 heavy (non-hydrogen) atoms. The smallest absolute Gasteiger partial charge is 0.146 e. The van der Waals surface area contributed by atoms with E-state index in [1.807, 2.05) is 75.4 Å². The highest BCUT2D eigenvalue weighted by Gasteiger charge is 2.23. The van der Waals surface area contributed by atoms with Crippen LogP contribution in [0.25, 0.3) is 23.4 Å². The van der Waals surface area contributed by atoms with Crippen LogP contribution < -0.4 is 4.74 Å². The molecule has 0 amide bonds. The molecule has 3 aromatic carbocycles. The molecule has 0 saturated heterocycles. The Labute approximate surface area is 207 Å². The summed E-state index contributed by atoms with van der Waals surface area (Å²) in [5, 5.41) is 5.12. The monoisotopic (exact) mass is 479 g/mol. The van der Waals surface area contributed by atoms with Crippen molar-refractivity contribution in [1.29, 1.82) is 0 Å². The van der Waals surface area contributed by atoms with Gasteiger partial charge in [0.05, 0.1) is 18.4 Å². The summed E-state index contributed by atoms with van der Waals surface area (Å²) in [4.78, 5) is 0. The number of hydrogen-bond donors (Lipinski definition) is 0. The van der Waals surface area contributed by atoms with E-state index < -0.39 is 6.56 Å². The maximum Gasteiger partial charge on any atom is 0.146 e. The Balaban J connectivity index is 1.68. The van der Waals surface area contributed by atoms with Crippen molar-refractivity contribution in [3.63, 3.8) is 0 Å². The Bertz CT molecular complexity index is 1340. The lowest BCUT2D eigenvalue weighted by molar-refractivity contribution is 0.298. The Hall–Kier alpha value is -3.01. The second-order valence-corrected chi connectivity index (χ2v) is 8.80. The molecule has 0 bridgehead atoms. The molecule has 0 radical (unpaired) electrons. The van der Waals surface area contributed by atoms with Crippen molar-refractivity contribution >= 4 is 35.4 Å². The summed E-state index contributed by atoms with van der Waals surface area (Å²) in [7, 11) is 0. The van der Waals surface area contributed by atoms with Gasteiger partial charge in [-0.2, -0.15) is 0 Å². The number of rotatable bonds is 7. The van der Waals surface area contributed by atoms with E-state index in [1.54, 1.807) is 24.3 Å². The normalized spacial score (nSPS) is 12.8. The van der Waals surface area contributed by atoms with Crippen LogP contribution >= 0.6 is 23.2 Å². The van der Waals surface area contributed by atoms with E-state index in [2.05, 4.69) is 5.16 Å². The van der Waals surface area contributed by atoms with Crippen molar-refractivity contribution in [2.24, 2.45) is 0 Å². The summed E-state index contributed by atoms with van der Waals surface area (Å²) >= 11 is 13.0. The van der Waals surface area contributed by atoms with Gasteiger partial charge in [-0.3, -0.25) is 0 Å². The number of aromatic nitrogens is 1. The molecule has 0 aliphatic rings. The molecule has 4 aromatic rings. The maximum atomic E-state index is 8.85. The highest BCUT2D eigenvalue weighted by atomic mass is 35.5.